The number of aromatic amines is 1. The van der Waals surface area contributed by atoms with Crippen LogP contribution in [0.3, 0.4) is 0 Å². The second kappa shape index (κ2) is 7.73. The van der Waals surface area contributed by atoms with Crippen molar-refractivity contribution in [3.63, 3.8) is 0 Å². The van der Waals surface area contributed by atoms with E-state index in [9.17, 15) is 14.9 Å². The van der Waals surface area contributed by atoms with Crippen molar-refractivity contribution >= 4 is 28.1 Å². The molecule has 0 spiro atoms. The van der Waals surface area contributed by atoms with Gasteiger partial charge in [0.2, 0.25) is 0 Å². The van der Waals surface area contributed by atoms with Gasteiger partial charge in [-0.1, -0.05) is 42.5 Å². The second-order valence-electron chi connectivity index (χ2n) is 7.72. The number of H-pyrrole nitrogens is 1. The normalized spacial score (nSPS) is 12.8. The molecule has 8 nitrogen and oxygen atoms in total. The molecule has 0 radical (unpaired) electrons. The van der Waals surface area contributed by atoms with Crippen LogP contribution in [0.4, 0.5) is 5.69 Å². The number of carbonyl (C=O) groups is 1. The van der Waals surface area contributed by atoms with Crippen LogP contribution >= 0.6 is 0 Å². The van der Waals surface area contributed by atoms with Crippen LogP contribution in [0.1, 0.15) is 34.1 Å². The highest BCUT2D eigenvalue weighted by molar-refractivity contribution is 6.03. The van der Waals surface area contributed by atoms with Gasteiger partial charge in [-0.15, -0.1) is 0 Å². The third-order valence-corrected chi connectivity index (χ3v) is 5.78. The predicted molar refractivity (Wildman–Crippen MR) is 122 cm³/mol. The number of aryl methyl sites for hydroxylation is 2. The summed E-state index contributed by atoms with van der Waals surface area (Å²) in [6, 6.07) is 18.3. The highest BCUT2D eigenvalue weighted by Gasteiger charge is 2.18. The molecular weight excluding hydrogens is 406 g/mol. The van der Waals surface area contributed by atoms with Gasteiger partial charge in [-0.05, 0) is 47.7 Å². The fraction of sp³-hybridized carbons (Fsp3) is 0.125. The Morgan fingerprint density at radius 2 is 1.88 bits per heavy atom. The molecule has 1 heterocycles. The number of nitrogens with one attached hydrogen (secondary N) is 2. The third-order valence-electron chi connectivity index (χ3n) is 5.78. The highest BCUT2D eigenvalue weighted by atomic mass is 16.6. The third kappa shape index (κ3) is 3.41. The molecule has 2 N–H and O–H groups in total. The molecule has 32 heavy (non-hydrogen) atoms. The van der Waals surface area contributed by atoms with E-state index >= 15 is 0 Å². The standard InChI is InChI=1S/C24H19N5O3/c1-14(17-5-2-6-18(12-17)29(31)32)25-28-24(30)22-13-21(26-27-22)19-11-10-16-9-8-15-4-3-7-20(19)23(15)16/h2-7,10-13H,8-9H2,1H3,(H,26,27)(H,28,30)/b25-14-. The van der Waals surface area contributed by atoms with Crippen LogP contribution in [-0.4, -0.2) is 26.7 Å². The minimum absolute atomic E-state index is 0.0352. The summed E-state index contributed by atoms with van der Waals surface area (Å²) in [5, 5.41) is 24.6. The van der Waals surface area contributed by atoms with Crippen LogP contribution < -0.4 is 5.43 Å². The molecule has 3 aromatic carbocycles. The predicted octanol–water partition coefficient (Wildman–Crippen LogP) is 4.39. The molecule has 158 valence electrons. The summed E-state index contributed by atoms with van der Waals surface area (Å²) in [4.78, 5) is 23.1. The van der Waals surface area contributed by atoms with Gasteiger partial charge in [-0.3, -0.25) is 20.0 Å². The summed E-state index contributed by atoms with van der Waals surface area (Å²) in [7, 11) is 0. The summed E-state index contributed by atoms with van der Waals surface area (Å²) >= 11 is 0. The number of nitro groups is 1. The average Bonchev–Trinajstić information content (AvgIpc) is 3.47. The number of rotatable bonds is 5. The first-order chi connectivity index (χ1) is 15.5. The monoisotopic (exact) mass is 425 g/mol. The number of carbonyl (C=O) groups excluding carboxylic acids is 1. The van der Waals surface area contributed by atoms with E-state index in [2.05, 4.69) is 51.1 Å². The van der Waals surface area contributed by atoms with Gasteiger partial charge in [0.05, 0.1) is 16.3 Å². The molecule has 0 aliphatic heterocycles. The Hall–Kier alpha value is -4.33. The first kappa shape index (κ1) is 19.6. The van der Waals surface area contributed by atoms with Gasteiger partial charge in [0.15, 0.2) is 0 Å². The van der Waals surface area contributed by atoms with Crippen LogP contribution in [-0.2, 0) is 12.8 Å². The van der Waals surface area contributed by atoms with Crippen molar-refractivity contribution in [2.24, 2.45) is 5.10 Å². The summed E-state index contributed by atoms with van der Waals surface area (Å²) < 4.78 is 0. The lowest BCUT2D eigenvalue weighted by Crippen LogP contribution is -2.19. The maximum atomic E-state index is 12.6. The number of benzene rings is 3. The molecule has 1 aromatic heterocycles. The Kier molecular flexibility index (Phi) is 4.74. The van der Waals surface area contributed by atoms with Crippen molar-refractivity contribution in [1.29, 1.82) is 0 Å². The van der Waals surface area contributed by atoms with Gasteiger partial charge in [0, 0.05) is 23.3 Å². The van der Waals surface area contributed by atoms with Crippen molar-refractivity contribution in [3.8, 4) is 11.3 Å². The summed E-state index contributed by atoms with van der Waals surface area (Å²) in [6.07, 6.45) is 2.10. The Morgan fingerprint density at radius 1 is 1.09 bits per heavy atom. The SMILES string of the molecule is C/C(=N/NC(=O)c1cc(-c2ccc3c4c(cccc24)CC3)n[nH]1)c1cccc([N+](=O)[O-])c1. The van der Waals surface area contributed by atoms with E-state index in [1.165, 1.54) is 28.6 Å². The molecule has 0 unspecified atom stereocenters. The molecule has 8 heteroatoms. The van der Waals surface area contributed by atoms with Gasteiger partial charge < -0.3 is 0 Å². The number of non-ortho nitro benzene ring substituents is 1. The number of hydrogen-bond donors (Lipinski definition) is 2. The number of nitro benzene ring substituents is 1. The minimum atomic E-state index is -0.471. The van der Waals surface area contributed by atoms with Crippen LogP contribution in [0.2, 0.25) is 0 Å². The van der Waals surface area contributed by atoms with E-state index in [0.717, 1.165) is 23.8 Å². The number of hydrazone groups is 1. The fourth-order valence-electron chi connectivity index (χ4n) is 4.15. The van der Waals surface area contributed by atoms with E-state index in [1.54, 1.807) is 25.1 Å². The Bertz CT molecular complexity index is 1410. The molecule has 0 atom stereocenters. The van der Waals surface area contributed by atoms with E-state index in [1.807, 2.05) is 0 Å². The zero-order chi connectivity index (χ0) is 22.2. The van der Waals surface area contributed by atoms with Crippen molar-refractivity contribution in [3.05, 3.63) is 93.2 Å². The molecule has 0 saturated heterocycles. The van der Waals surface area contributed by atoms with Gasteiger partial charge in [0.25, 0.3) is 11.6 Å². The molecule has 0 saturated carbocycles. The van der Waals surface area contributed by atoms with Crippen molar-refractivity contribution in [1.82, 2.24) is 15.6 Å². The molecule has 1 amide bonds. The molecule has 1 aliphatic rings. The number of hydrogen-bond acceptors (Lipinski definition) is 5. The molecule has 0 bridgehead atoms. The highest BCUT2D eigenvalue weighted by Crippen LogP contribution is 2.36. The van der Waals surface area contributed by atoms with Crippen molar-refractivity contribution in [2.45, 2.75) is 19.8 Å². The molecule has 4 aromatic rings. The molecule has 1 aliphatic carbocycles. The molecular formula is C24H19N5O3. The van der Waals surface area contributed by atoms with Crippen LogP contribution in [0.5, 0.6) is 0 Å². The number of aromatic nitrogens is 2. The fourth-order valence-corrected chi connectivity index (χ4v) is 4.15. The van der Waals surface area contributed by atoms with Crippen molar-refractivity contribution < 1.29 is 9.72 Å². The Morgan fingerprint density at radius 3 is 2.69 bits per heavy atom. The van der Waals surface area contributed by atoms with Gasteiger partial charge in [0.1, 0.15) is 5.69 Å². The quantitative estimate of drug-likeness (QED) is 0.280. The minimum Gasteiger partial charge on any atom is -0.272 e. The lowest BCUT2D eigenvalue weighted by molar-refractivity contribution is -0.384. The lowest BCUT2D eigenvalue weighted by atomic mass is 9.98. The van der Waals surface area contributed by atoms with Gasteiger partial charge >= 0.3 is 0 Å². The Labute approximate surface area is 183 Å². The first-order valence-electron chi connectivity index (χ1n) is 10.2. The zero-order valence-corrected chi connectivity index (χ0v) is 17.3. The molecule has 0 fully saturated rings. The van der Waals surface area contributed by atoms with Crippen LogP contribution in [0.15, 0.2) is 65.8 Å². The van der Waals surface area contributed by atoms with Gasteiger partial charge in [-0.25, -0.2) is 5.43 Å². The summed E-state index contributed by atoms with van der Waals surface area (Å²) in [5.74, 6) is -0.445. The maximum Gasteiger partial charge on any atom is 0.289 e. The first-order valence-corrected chi connectivity index (χ1v) is 10.2. The average molecular weight is 425 g/mol. The van der Waals surface area contributed by atoms with Gasteiger partial charge in [-0.2, -0.15) is 10.2 Å². The number of nitrogens with zero attached hydrogens (tertiary/aromatic N) is 3. The number of amides is 1. The zero-order valence-electron chi connectivity index (χ0n) is 17.3. The maximum absolute atomic E-state index is 12.6. The van der Waals surface area contributed by atoms with Crippen LogP contribution in [0, 0.1) is 10.1 Å². The smallest absolute Gasteiger partial charge is 0.272 e. The van der Waals surface area contributed by atoms with E-state index in [0.29, 0.717) is 17.0 Å². The van der Waals surface area contributed by atoms with E-state index in [4.69, 9.17) is 0 Å². The van der Waals surface area contributed by atoms with Crippen LogP contribution in [0.25, 0.3) is 22.0 Å². The largest absolute Gasteiger partial charge is 0.289 e. The summed E-state index contributed by atoms with van der Waals surface area (Å²) in [6.45, 7) is 1.67. The lowest BCUT2D eigenvalue weighted by Gasteiger charge is -2.06. The van der Waals surface area contributed by atoms with Crippen molar-refractivity contribution in [2.75, 3.05) is 0 Å². The second-order valence-corrected chi connectivity index (χ2v) is 7.72. The van der Waals surface area contributed by atoms with E-state index < -0.39 is 10.8 Å². The summed E-state index contributed by atoms with van der Waals surface area (Å²) in [5.41, 5.74) is 8.08. The Balaban J connectivity index is 1.38. The van der Waals surface area contributed by atoms with E-state index in [-0.39, 0.29) is 11.4 Å². The molecule has 5 rings (SSSR count). The topological polar surface area (TPSA) is 113 Å².